The summed E-state index contributed by atoms with van der Waals surface area (Å²) in [7, 11) is 1.57. The van der Waals surface area contributed by atoms with Gasteiger partial charge < -0.3 is 10.1 Å². The second-order valence-electron chi connectivity index (χ2n) is 6.98. The van der Waals surface area contributed by atoms with Gasteiger partial charge in [0.25, 0.3) is 11.6 Å². The second-order valence-corrected chi connectivity index (χ2v) is 6.98. The number of nitro benzene ring substituents is 1. The van der Waals surface area contributed by atoms with E-state index in [9.17, 15) is 14.9 Å². The topological polar surface area (TPSA) is 94.4 Å². The number of amides is 1. The number of hydrogen-bond acceptors (Lipinski definition) is 5. The number of carbonyl (C=O) groups is 1. The van der Waals surface area contributed by atoms with E-state index in [-0.39, 0.29) is 11.6 Å². The van der Waals surface area contributed by atoms with Crippen LogP contribution in [0.4, 0.5) is 11.4 Å². The lowest BCUT2D eigenvalue weighted by Gasteiger charge is -2.07. The number of rotatable bonds is 6. The van der Waals surface area contributed by atoms with Crippen LogP contribution in [0.25, 0.3) is 23.1 Å². The van der Waals surface area contributed by atoms with Gasteiger partial charge in [0.2, 0.25) is 0 Å². The summed E-state index contributed by atoms with van der Waals surface area (Å²) in [5.74, 6) is 0.470. The van der Waals surface area contributed by atoms with Crippen LogP contribution in [0, 0.1) is 10.1 Å². The molecule has 0 spiro atoms. The molecule has 1 amide bonds. The summed E-state index contributed by atoms with van der Waals surface area (Å²) in [6.07, 6.45) is 3.69. The molecule has 0 aliphatic carbocycles. The van der Waals surface area contributed by atoms with Crippen LogP contribution in [0.1, 0.15) is 21.6 Å². The first-order chi connectivity index (χ1) is 15.5. The van der Waals surface area contributed by atoms with E-state index in [0.717, 1.165) is 5.56 Å². The number of methoxy groups -OCH3 is 1. The van der Waals surface area contributed by atoms with Gasteiger partial charge >= 0.3 is 0 Å². The lowest BCUT2D eigenvalue weighted by atomic mass is 10.1. The Bertz CT molecular complexity index is 1330. The highest BCUT2D eigenvalue weighted by molar-refractivity contribution is 6.04. The Labute approximate surface area is 184 Å². The summed E-state index contributed by atoms with van der Waals surface area (Å²) < 4.78 is 5.11. The zero-order chi connectivity index (χ0) is 22.5. The summed E-state index contributed by atoms with van der Waals surface area (Å²) in [5.41, 5.74) is 3.33. The number of benzene rings is 3. The van der Waals surface area contributed by atoms with Gasteiger partial charge in [-0.1, -0.05) is 24.3 Å². The summed E-state index contributed by atoms with van der Waals surface area (Å²) in [4.78, 5) is 27.7. The quantitative estimate of drug-likeness (QED) is 0.322. The summed E-state index contributed by atoms with van der Waals surface area (Å²) >= 11 is 0. The fraction of sp³-hybridized carbons (Fsp3) is 0.0400. The lowest BCUT2D eigenvalue weighted by Crippen LogP contribution is -2.11. The van der Waals surface area contributed by atoms with Crippen molar-refractivity contribution in [2.45, 2.75) is 0 Å². The number of aromatic nitrogens is 1. The Hall–Kier alpha value is -4.52. The summed E-state index contributed by atoms with van der Waals surface area (Å²) in [6.45, 7) is 0. The van der Waals surface area contributed by atoms with Gasteiger partial charge in [-0.25, -0.2) is 4.98 Å². The molecule has 4 aromatic rings. The molecule has 0 bridgehead atoms. The average molecular weight is 425 g/mol. The Kier molecular flexibility index (Phi) is 5.89. The Balaban J connectivity index is 1.51. The molecule has 7 heteroatoms. The van der Waals surface area contributed by atoms with Gasteiger partial charge in [-0.05, 0) is 66.2 Å². The molecule has 0 saturated carbocycles. The predicted octanol–water partition coefficient (Wildman–Crippen LogP) is 5.57. The van der Waals surface area contributed by atoms with Crippen LogP contribution in [0.15, 0.2) is 78.9 Å². The Morgan fingerprint density at radius 1 is 1.00 bits per heavy atom. The molecule has 1 aromatic heterocycles. The van der Waals surface area contributed by atoms with Gasteiger partial charge in [0.15, 0.2) is 0 Å². The van der Waals surface area contributed by atoms with Crippen molar-refractivity contribution in [1.82, 2.24) is 4.98 Å². The molecule has 1 heterocycles. The van der Waals surface area contributed by atoms with Crippen LogP contribution in [0.5, 0.6) is 5.75 Å². The van der Waals surface area contributed by atoms with Gasteiger partial charge in [0.1, 0.15) is 5.75 Å². The van der Waals surface area contributed by atoms with E-state index in [1.807, 2.05) is 36.4 Å². The molecule has 0 fully saturated rings. The van der Waals surface area contributed by atoms with Gasteiger partial charge in [-0.2, -0.15) is 0 Å². The number of carbonyl (C=O) groups excluding carboxylic acids is 1. The number of nitrogens with zero attached hydrogens (tertiary/aromatic N) is 2. The van der Waals surface area contributed by atoms with Crippen LogP contribution in [-0.2, 0) is 0 Å². The van der Waals surface area contributed by atoms with E-state index < -0.39 is 4.92 Å². The van der Waals surface area contributed by atoms with Crippen molar-refractivity contribution >= 4 is 40.3 Å². The van der Waals surface area contributed by atoms with Crippen LogP contribution in [0.2, 0.25) is 0 Å². The minimum absolute atomic E-state index is 0.0332. The second kappa shape index (κ2) is 9.09. The van der Waals surface area contributed by atoms with Crippen LogP contribution >= 0.6 is 0 Å². The molecule has 4 rings (SSSR count). The number of nitrogens with one attached hydrogen (secondary N) is 1. The third-order valence-electron chi connectivity index (χ3n) is 4.87. The number of non-ortho nitro benzene ring substituents is 1. The number of fused-ring (bicyclic) bond motifs is 1. The van der Waals surface area contributed by atoms with Crippen molar-refractivity contribution in [3.63, 3.8) is 0 Å². The van der Waals surface area contributed by atoms with E-state index in [2.05, 4.69) is 10.3 Å². The molecule has 0 saturated heterocycles. The van der Waals surface area contributed by atoms with E-state index >= 15 is 0 Å². The van der Waals surface area contributed by atoms with Gasteiger partial charge in [0.05, 0.1) is 28.6 Å². The van der Waals surface area contributed by atoms with Crippen molar-refractivity contribution in [1.29, 1.82) is 0 Å². The molecule has 3 aromatic carbocycles. The average Bonchev–Trinajstić information content (AvgIpc) is 2.82. The standard InChI is InChI=1S/C25H19N3O4/c1-32-21-13-9-18(10-14-21)25(29)27-20-5-2-4-17(16-20)8-11-19-12-15-22-23(26-19)6-3-7-24(22)28(30)31/h2-16H,1H3,(H,27,29)/b11-8+. The SMILES string of the molecule is COc1ccc(C(=O)Nc2cccc(/C=C/c3ccc4c([N+](=O)[O-])cccc4n3)c2)cc1. The molecule has 0 aliphatic rings. The van der Waals surface area contributed by atoms with Crippen LogP contribution in [-0.4, -0.2) is 22.9 Å². The molecule has 158 valence electrons. The van der Waals surface area contributed by atoms with Crippen LogP contribution < -0.4 is 10.1 Å². The summed E-state index contributed by atoms with van der Waals surface area (Å²) in [5, 5.41) is 14.5. The third-order valence-corrected chi connectivity index (χ3v) is 4.87. The first-order valence-corrected chi connectivity index (χ1v) is 9.81. The monoisotopic (exact) mass is 425 g/mol. The zero-order valence-corrected chi connectivity index (χ0v) is 17.2. The third kappa shape index (κ3) is 4.62. The van der Waals surface area contributed by atoms with Crippen LogP contribution in [0.3, 0.4) is 0 Å². The first kappa shape index (κ1) is 20.7. The molecule has 0 radical (unpaired) electrons. The fourth-order valence-corrected chi connectivity index (χ4v) is 3.25. The van der Waals surface area contributed by atoms with E-state index in [1.54, 1.807) is 55.6 Å². The normalized spacial score (nSPS) is 10.9. The smallest absolute Gasteiger partial charge is 0.278 e. The number of hydrogen-bond donors (Lipinski definition) is 1. The minimum atomic E-state index is -0.411. The molecular formula is C25H19N3O4. The number of pyridine rings is 1. The van der Waals surface area contributed by atoms with E-state index in [0.29, 0.717) is 33.6 Å². The van der Waals surface area contributed by atoms with Gasteiger partial charge in [0, 0.05) is 17.3 Å². The van der Waals surface area contributed by atoms with E-state index in [4.69, 9.17) is 4.74 Å². The van der Waals surface area contributed by atoms with Gasteiger partial charge in [-0.15, -0.1) is 0 Å². The Morgan fingerprint density at radius 2 is 1.78 bits per heavy atom. The number of anilines is 1. The molecule has 32 heavy (non-hydrogen) atoms. The largest absolute Gasteiger partial charge is 0.497 e. The maximum atomic E-state index is 12.5. The Morgan fingerprint density at radius 3 is 2.53 bits per heavy atom. The molecule has 7 nitrogen and oxygen atoms in total. The minimum Gasteiger partial charge on any atom is -0.497 e. The van der Waals surface area contributed by atoms with Gasteiger partial charge in [-0.3, -0.25) is 14.9 Å². The highest BCUT2D eigenvalue weighted by atomic mass is 16.6. The molecular weight excluding hydrogens is 406 g/mol. The van der Waals surface area contributed by atoms with Crippen molar-refractivity contribution in [3.05, 3.63) is 106 Å². The highest BCUT2D eigenvalue weighted by Gasteiger charge is 2.11. The van der Waals surface area contributed by atoms with Crippen molar-refractivity contribution in [2.75, 3.05) is 12.4 Å². The number of nitro groups is 1. The maximum Gasteiger partial charge on any atom is 0.278 e. The van der Waals surface area contributed by atoms with Crippen molar-refractivity contribution < 1.29 is 14.5 Å². The maximum absolute atomic E-state index is 12.5. The molecule has 0 aliphatic heterocycles. The predicted molar refractivity (Wildman–Crippen MR) is 125 cm³/mol. The fourth-order valence-electron chi connectivity index (χ4n) is 3.25. The van der Waals surface area contributed by atoms with Crippen molar-refractivity contribution in [2.24, 2.45) is 0 Å². The molecule has 0 unspecified atom stereocenters. The van der Waals surface area contributed by atoms with E-state index in [1.165, 1.54) is 6.07 Å². The first-order valence-electron chi connectivity index (χ1n) is 9.81. The molecule has 0 atom stereocenters. The molecule has 1 N–H and O–H groups in total. The number of ether oxygens (including phenoxy) is 1. The lowest BCUT2D eigenvalue weighted by molar-refractivity contribution is -0.383. The van der Waals surface area contributed by atoms with Crippen molar-refractivity contribution in [3.8, 4) is 5.75 Å². The summed E-state index contributed by atoms with van der Waals surface area (Å²) in [6, 6.07) is 22.6. The zero-order valence-electron chi connectivity index (χ0n) is 17.2. The highest BCUT2D eigenvalue weighted by Crippen LogP contribution is 2.24.